The summed E-state index contributed by atoms with van der Waals surface area (Å²) in [6, 6.07) is 17.5. The summed E-state index contributed by atoms with van der Waals surface area (Å²) in [5.41, 5.74) is 3.84. The Morgan fingerprint density at radius 1 is 1.06 bits per heavy atom. The van der Waals surface area contributed by atoms with E-state index < -0.39 is 16.7 Å². The number of nitro groups is 1. The van der Waals surface area contributed by atoms with Crippen LogP contribution in [0.25, 0.3) is 6.08 Å². The zero-order valence-corrected chi connectivity index (χ0v) is 19.9. The quantitative estimate of drug-likeness (QED) is 0.329. The first-order valence-corrected chi connectivity index (χ1v) is 11.6. The molecule has 2 aromatic carbocycles. The van der Waals surface area contributed by atoms with Gasteiger partial charge in [-0.1, -0.05) is 24.3 Å². The number of hydrazone groups is 1. The Labute approximate surface area is 207 Å². The fraction of sp³-hybridized carbons (Fsp3) is 0.259. The molecule has 1 aliphatic heterocycles. The van der Waals surface area contributed by atoms with E-state index in [0.717, 1.165) is 47.4 Å². The van der Waals surface area contributed by atoms with Gasteiger partial charge in [0.15, 0.2) is 0 Å². The van der Waals surface area contributed by atoms with Gasteiger partial charge in [-0.05, 0) is 72.4 Å². The predicted octanol–water partition coefficient (Wildman–Crippen LogP) is 5.64. The Bertz CT molecular complexity index is 1340. The van der Waals surface area contributed by atoms with Crippen molar-refractivity contribution in [3.63, 3.8) is 0 Å². The van der Waals surface area contributed by atoms with Crippen molar-refractivity contribution in [1.29, 1.82) is 0 Å². The number of hydrogen-bond donors (Lipinski definition) is 0. The topological polar surface area (TPSA) is 107 Å². The lowest BCUT2D eigenvalue weighted by molar-refractivity contribution is -0.402. The molecule has 9 nitrogen and oxygen atoms in total. The molecule has 1 saturated carbocycles. The Morgan fingerprint density at radius 2 is 1.72 bits per heavy atom. The summed E-state index contributed by atoms with van der Waals surface area (Å²) < 4.78 is 15.8. The second-order valence-electron chi connectivity index (χ2n) is 8.69. The third kappa shape index (κ3) is 4.35. The van der Waals surface area contributed by atoms with E-state index in [-0.39, 0.29) is 17.7 Å². The molecule has 3 aromatic rings. The van der Waals surface area contributed by atoms with E-state index in [1.807, 2.05) is 48.5 Å². The second-order valence-corrected chi connectivity index (χ2v) is 8.69. The minimum Gasteiger partial charge on any atom is -0.497 e. The number of rotatable bonds is 6. The molecule has 0 spiro atoms. The summed E-state index contributed by atoms with van der Waals surface area (Å²) in [5, 5.41) is 17.3. The standard InChI is InChI=1S/C27H25N3O6/c1-34-20-10-6-17(7-11-20)16-19-4-3-5-22-25(19)28-29(26(22)18-8-12-21(35-2)13-9-18)27(31)23-14-15-24(36-23)30(32)33/h6-16,22,26H,3-5H2,1-2H3. The number of furan rings is 1. The molecule has 2 atom stereocenters. The number of allylic oxidation sites excluding steroid dienone is 1. The summed E-state index contributed by atoms with van der Waals surface area (Å²) in [4.78, 5) is 23.9. The number of carbonyl (C=O) groups excluding carboxylic acids is 1. The van der Waals surface area contributed by atoms with E-state index in [1.54, 1.807) is 14.2 Å². The largest absolute Gasteiger partial charge is 0.497 e. The highest BCUT2D eigenvalue weighted by Gasteiger charge is 2.44. The number of benzene rings is 2. The van der Waals surface area contributed by atoms with Gasteiger partial charge in [-0.25, -0.2) is 5.01 Å². The Hall–Kier alpha value is -4.40. The zero-order valence-electron chi connectivity index (χ0n) is 19.9. The van der Waals surface area contributed by atoms with E-state index in [0.29, 0.717) is 5.75 Å². The van der Waals surface area contributed by atoms with Crippen LogP contribution in [-0.4, -0.2) is 35.8 Å². The van der Waals surface area contributed by atoms with Gasteiger partial charge in [-0.15, -0.1) is 0 Å². The molecule has 1 fully saturated rings. The van der Waals surface area contributed by atoms with Crippen LogP contribution in [0.15, 0.2) is 75.8 Å². The molecule has 9 heteroatoms. The SMILES string of the molecule is COc1ccc(C=C2CCCC3C2=NN(C(=O)c2ccc([N+](=O)[O-])o2)C3c2ccc(OC)cc2)cc1. The molecular weight excluding hydrogens is 462 g/mol. The van der Waals surface area contributed by atoms with Crippen molar-refractivity contribution in [2.24, 2.45) is 11.0 Å². The normalized spacial score (nSPS) is 20.1. The minimum absolute atomic E-state index is 0.0226. The summed E-state index contributed by atoms with van der Waals surface area (Å²) in [6.45, 7) is 0. The molecule has 0 saturated heterocycles. The first-order valence-electron chi connectivity index (χ1n) is 11.6. The highest BCUT2D eigenvalue weighted by atomic mass is 16.6. The van der Waals surface area contributed by atoms with E-state index >= 15 is 0 Å². The first-order chi connectivity index (χ1) is 17.5. The molecule has 1 aliphatic carbocycles. The van der Waals surface area contributed by atoms with Crippen LogP contribution in [0.3, 0.4) is 0 Å². The van der Waals surface area contributed by atoms with E-state index in [2.05, 4.69) is 6.08 Å². The number of carbonyl (C=O) groups is 1. The van der Waals surface area contributed by atoms with Crippen molar-refractivity contribution >= 4 is 23.6 Å². The van der Waals surface area contributed by atoms with Crippen LogP contribution in [-0.2, 0) is 0 Å². The van der Waals surface area contributed by atoms with E-state index in [9.17, 15) is 14.9 Å². The van der Waals surface area contributed by atoms with Gasteiger partial charge in [0.05, 0.1) is 32.0 Å². The number of amides is 1. The van der Waals surface area contributed by atoms with Crippen LogP contribution in [0, 0.1) is 16.0 Å². The fourth-order valence-electron chi connectivity index (χ4n) is 4.86. The number of methoxy groups -OCH3 is 2. The lowest BCUT2D eigenvalue weighted by Gasteiger charge is -2.29. The van der Waals surface area contributed by atoms with Crippen LogP contribution >= 0.6 is 0 Å². The second kappa shape index (κ2) is 9.69. The van der Waals surface area contributed by atoms with Crippen LogP contribution in [0.1, 0.15) is 47.0 Å². The summed E-state index contributed by atoms with van der Waals surface area (Å²) in [5.74, 6) is 0.342. The smallest absolute Gasteiger partial charge is 0.433 e. The summed E-state index contributed by atoms with van der Waals surface area (Å²) in [6.07, 6.45) is 4.75. The molecule has 0 bridgehead atoms. The molecule has 0 N–H and O–H groups in total. The van der Waals surface area contributed by atoms with Gasteiger partial charge >= 0.3 is 11.8 Å². The van der Waals surface area contributed by atoms with Crippen LogP contribution in [0.2, 0.25) is 0 Å². The Kier molecular flexibility index (Phi) is 6.28. The van der Waals surface area contributed by atoms with Gasteiger partial charge in [0.2, 0.25) is 5.76 Å². The summed E-state index contributed by atoms with van der Waals surface area (Å²) in [7, 11) is 3.23. The average Bonchev–Trinajstić information content (AvgIpc) is 3.55. The summed E-state index contributed by atoms with van der Waals surface area (Å²) >= 11 is 0. The molecule has 1 amide bonds. The maximum Gasteiger partial charge on any atom is 0.433 e. The highest BCUT2D eigenvalue weighted by Crippen LogP contribution is 2.45. The fourth-order valence-corrected chi connectivity index (χ4v) is 4.86. The number of hydrogen-bond acceptors (Lipinski definition) is 7. The van der Waals surface area contributed by atoms with Crippen molar-refractivity contribution < 1.29 is 23.6 Å². The number of fused-ring (bicyclic) bond motifs is 1. The highest BCUT2D eigenvalue weighted by molar-refractivity contribution is 6.09. The van der Waals surface area contributed by atoms with E-state index in [1.165, 1.54) is 17.1 Å². The molecule has 2 aliphatic rings. The van der Waals surface area contributed by atoms with E-state index in [4.69, 9.17) is 19.0 Å². The van der Waals surface area contributed by atoms with Crippen molar-refractivity contribution in [3.05, 3.63) is 93.2 Å². The lowest BCUT2D eigenvalue weighted by atomic mass is 9.77. The third-order valence-corrected chi connectivity index (χ3v) is 6.61. The molecule has 5 rings (SSSR count). The van der Waals surface area contributed by atoms with Gasteiger partial charge in [-0.2, -0.15) is 5.10 Å². The maximum atomic E-state index is 13.5. The first kappa shape index (κ1) is 23.3. The van der Waals surface area contributed by atoms with Crippen LogP contribution in [0.5, 0.6) is 11.5 Å². The van der Waals surface area contributed by atoms with Gasteiger partial charge in [0, 0.05) is 5.92 Å². The van der Waals surface area contributed by atoms with Crippen molar-refractivity contribution in [2.75, 3.05) is 14.2 Å². The number of nitrogens with zero attached hydrogens (tertiary/aromatic N) is 3. The van der Waals surface area contributed by atoms with Gasteiger partial charge < -0.3 is 13.9 Å². The Balaban J connectivity index is 1.55. The molecule has 2 heterocycles. The molecule has 184 valence electrons. The Morgan fingerprint density at radius 3 is 2.33 bits per heavy atom. The molecule has 0 radical (unpaired) electrons. The maximum absolute atomic E-state index is 13.5. The number of ether oxygens (including phenoxy) is 2. The van der Waals surface area contributed by atoms with Gasteiger partial charge in [-0.3, -0.25) is 14.9 Å². The van der Waals surface area contributed by atoms with Gasteiger partial charge in [0.25, 0.3) is 0 Å². The minimum atomic E-state index is -0.664. The van der Waals surface area contributed by atoms with Crippen LogP contribution in [0.4, 0.5) is 5.88 Å². The van der Waals surface area contributed by atoms with Crippen molar-refractivity contribution in [3.8, 4) is 11.5 Å². The predicted molar refractivity (Wildman–Crippen MR) is 133 cm³/mol. The van der Waals surface area contributed by atoms with Gasteiger partial charge in [0.1, 0.15) is 16.4 Å². The molecule has 2 unspecified atom stereocenters. The van der Waals surface area contributed by atoms with Crippen molar-refractivity contribution in [1.82, 2.24) is 5.01 Å². The molecule has 36 heavy (non-hydrogen) atoms. The third-order valence-electron chi connectivity index (χ3n) is 6.61. The molecule has 1 aromatic heterocycles. The monoisotopic (exact) mass is 487 g/mol. The lowest BCUT2D eigenvalue weighted by Crippen LogP contribution is -2.31. The molecular formula is C27H25N3O6. The average molecular weight is 488 g/mol. The van der Waals surface area contributed by atoms with Crippen molar-refractivity contribution in [2.45, 2.75) is 25.3 Å². The zero-order chi connectivity index (χ0) is 25.2. The van der Waals surface area contributed by atoms with Crippen LogP contribution < -0.4 is 9.47 Å².